The summed E-state index contributed by atoms with van der Waals surface area (Å²) in [6.45, 7) is 0.725. The summed E-state index contributed by atoms with van der Waals surface area (Å²) in [5, 5.41) is 15.1. The molecule has 10 nitrogen and oxygen atoms in total. The molecular formula is C29H30Cl2N4O6S. The van der Waals surface area contributed by atoms with Crippen LogP contribution in [0.1, 0.15) is 38.2 Å². The van der Waals surface area contributed by atoms with Gasteiger partial charge in [0.15, 0.2) is 0 Å². The molecular weight excluding hydrogens is 603 g/mol. The molecule has 222 valence electrons. The van der Waals surface area contributed by atoms with Gasteiger partial charge in [0.1, 0.15) is 12.6 Å². The molecule has 1 atom stereocenters. The summed E-state index contributed by atoms with van der Waals surface area (Å²) in [5.74, 6) is -1.09. The van der Waals surface area contributed by atoms with Crippen molar-refractivity contribution in [1.82, 2.24) is 10.2 Å². The van der Waals surface area contributed by atoms with Crippen LogP contribution in [0, 0.1) is 10.1 Å². The van der Waals surface area contributed by atoms with Gasteiger partial charge in [-0.1, -0.05) is 66.4 Å². The summed E-state index contributed by atoms with van der Waals surface area (Å²) in [7, 11) is -4.36. The zero-order chi connectivity index (χ0) is 30.4. The number of hydrogen-bond acceptors (Lipinski definition) is 6. The Hall–Kier alpha value is -3.67. The molecule has 0 saturated heterocycles. The Bertz CT molecular complexity index is 1570. The minimum atomic E-state index is -4.36. The van der Waals surface area contributed by atoms with Crippen LogP contribution in [0.3, 0.4) is 0 Å². The number of nitro benzene ring substituents is 1. The molecule has 0 heterocycles. The van der Waals surface area contributed by atoms with Crippen molar-refractivity contribution >= 4 is 56.4 Å². The van der Waals surface area contributed by atoms with Crippen LogP contribution in [0.25, 0.3) is 0 Å². The average Bonchev–Trinajstić information content (AvgIpc) is 3.48. The van der Waals surface area contributed by atoms with E-state index in [4.69, 9.17) is 23.2 Å². The van der Waals surface area contributed by atoms with E-state index in [1.54, 1.807) is 25.1 Å². The number of rotatable bonds is 11. The fourth-order valence-corrected chi connectivity index (χ4v) is 6.71. The molecule has 3 aromatic rings. The van der Waals surface area contributed by atoms with Crippen LogP contribution in [0.4, 0.5) is 11.4 Å². The third-order valence-corrected chi connectivity index (χ3v) is 9.54. The number of hydrogen-bond donors (Lipinski definition) is 1. The lowest BCUT2D eigenvalue weighted by Gasteiger charge is -2.32. The van der Waals surface area contributed by atoms with E-state index in [0.717, 1.165) is 36.1 Å². The highest BCUT2D eigenvalue weighted by molar-refractivity contribution is 7.92. The second kappa shape index (κ2) is 13.5. The summed E-state index contributed by atoms with van der Waals surface area (Å²) in [6, 6.07) is 16.2. The van der Waals surface area contributed by atoms with Gasteiger partial charge in [-0.2, -0.15) is 0 Å². The summed E-state index contributed by atoms with van der Waals surface area (Å²) in [5.41, 5.74) is 0.0824. The second-order valence-electron chi connectivity index (χ2n) is 10.0. The van der Waals surface area contributed by atoms with Gasteiger partial charge in [0, 0.05) is 34.8 Å². The number of amides is 2. The molecule has 1 fully saturated rings. The van der Waals surface area contributed by atoms with Gasteiger partial charge in [0.25, 0.3) is 15.7 Å². The standard InChI is InChI=1S/C29H30Cl2N4O6S/c1-20(29(37)32-23-8-5-6-9-23)33(18-21-14-15-22(30)16-27(21)31)28(36)19-34(24-10-7-11-25(17-24)35(38)39)42(40,41)26-12-3-2-4-13-26/h2-4,7,10-17,20,23H,5-6,8-9,18-19H2,1H3,(H,32,37)/t20-/m0/s1. The van der Waals surface area contributed by atoms with Crippen LogP contribution >= 0.6 is 23.2 Å². The van der Waals surface area contributed by atoms with Crippen LogP contribution in [0.5, 0.6) is 0 Å². The topological polar surface area (TPSA) is 130 Å². The van der Waals surface area contributed by atoms with Gasteiger partial charge >= 0.3 is 0 Å². The van der Waals surface area contributed by atoms with Crippen LogP contribution in [-0.4, -0.2) is 48.7 Å². The van der Waals surface area contributed by atoms with Crippen molar-refractivity contribution in [2.24, 2.45) is 0 Å². The van der Waals surface area contributed by atoms with Gasteiger partial charge in [-0.05, 0) is 55.7 Å². The summed E-state index contributed by atoms with van der Waals surface area (Å²) < 4.78 is 28.5. The van der Waals surface area contributed by atoms with Crippen LogP contribution < -0.4 is 9.62 Å². The smallest absolute Gasteiger partial charge is 0.271 e. The van der Waals surface area contributed by atoms with Crippen molar-refractivity contribution in [2.45, 2.75) is 56.1 Å². The molecule has 1 saturated carbocycles. The summed E-state index contributed by atoms with van der Waals surface area (Å²) >= 11 is 12.5. The van der Waals surface area contributed by atoms with E-state index in [2.05, 4.69) is 5.32 Å². The largest absolute Gasteiger partial charge is 0.352 e. The van der Waals surface area contributed by atoms with Gasteiger partial charge in [-0.15, -0.1) is 0 Å². The summed E-state index contributed by atoms with van der Waals surface area (Å²) in [4.78, 5) is 39.3. The van der Waals surface area contributed by atoms with Crippen molar-refractivity contribution in [3.8, 4) is 0 Å². The quantitative estimate of drug-likeness (QED) is 0.217. The number of nitrogens with one attached hydrogen (secondary N) is 1. The number of anilines is 1. The van der Waals surface area contributed by atoms with E-state index >= 15 is 0 Å². The Kier molecular flexibility index (Phi) is 10.1. The molecule has 13 heteroatoms. The van der Waals surface area contributed by atoms with Crippen molar-refractivity contribution in [3.63, 3.8) is 0 Å². The maximum atomic E-state index is 14.0. The zero-order valence-electron chi connectivity index (χ0n) is 22.8. The molecule has 0 aliphatic heterocycles. The average molecular weight is 634 g/mol. The Labute approximate surface area is 254 Å². The molecule has 1 aliphatic carbocycles. The fourth-order valence-electron chi connectivity index (χ4n) is 4.82. The lowest BCUT2D eigenvalue weighted by molar-refractivity contribution is -0.384. The van der Waals surface area contributed by atoms with Gasteiger partial charge in [0.05, 0.1) is 15.5 Å². The van der Waals surface area contributed by atoms with Crippen molar-refractivity contribution in [3.05, 3.63) is 98.5 Å². The Morgan fingerprint density at radius 2 is 1.71 bits per heavy atom. The highest BCUT2D eigenvalue weighted by Gasteiger charge is 2.34. The minimum absolute atomic E-state index is 0.00385. The summed E-state index contributed by atoms with van der Waals surface area (Å²) in [6.07, 6.45) is 3.67. The number of nitro groups is 1. The first-order valence-electron chi connectivity index (χ1n) is 13.3. The van der Waals surface area contributed by atoms with Crippen LogP contribution in [-0.2, 0) is 26.2 Å². The Morgan fingerprint density at radius 3 is 2.36 bits per heavy atom. The maximum Gasteiger partial charge on any atom is 0.271 e. The van der Waals surface area contributed by atoms with Crippen molar-refractivity contribution < 1.29 is 22.9 Å². The first-order valence-corrected chi connectivity index (χ1v) is 15.5. The molecule has 0 radical (unpaired) electrons. The monoisotopic (exact) mass is 632 g/mol. The molecule has 3 aromatic carbocycles. The van der Waals surface area contributed by atoms with E-state index in [9.17, 15) is 28.1 Å². The number of carbonyl (C=O) groups is 2. The second-order valence-corrected chi connectivity index (χ2v) is 12.7. The van der Waals surface area contributed by atoms with E-state index in [1.807, 2.05) is 0 Å². The molecule has 1 aliphatic rings. The number of benzene rings is 3. The molecule has 0 unspecified atom stereocenters. The minimum Gasteiger partial charge on any atom is -0.352 e. The van der Waals surface area contributed by atoms with E-state index in [-0.39, 0.29) is 39.8 Å². The molecule has 0 bridgehead atoms. The number of nitrogens with zero attached hydrogens (tertiary/aromatic N) is 3. The molecule has 1 N–H and O–H groups in total. The molecule has 4 rings (SSSR count). The molecule has 42 heavy (non-hydrogen) atoms. The molecule has 0 aromatic heterocycles. The lowest BCUT2D eigenvalue weighted by Crippen LogP contribution is -2.52. The van der Waals surface area contributed by atoms with Gasteiger partial charge in [-0.3, -0.25) is 24.0 Å². The van der Waals surface area contributed by atoms with E-state index in [1.165, 1.54) is 53.4 Å². The first kappa shape index (κ1) is 31.3. The highest BCUT2D eigenvalue weighted by Crippen LogP contribution is 2.29. The SMILES string of the molecule is C[C@@H](C(=O)NC1CCCC1)N(Cc1ccc(Cl)cc1Cl)C(=O)CN(c1cccc([N+](=O)[O-])c1)S(=O)(=O)c1ccccc1. The lowest BCUT2D eigenvalue weighted by atomic mass is 10.1. The Balaban J connectivity index is 1.73. The fraction of sp³-hybridized carbons (Fsp3) is 0.310. The van der Waals surface area contributed by atoms with Crippen LogP contribution in [0.2, 0.25) is 10.0 Å². The number of sulfonamides is 1. The third-order valence-electron chi connectivity index (χ3n) is 7.16. The maximum absolute atomic E-state index is 14.0. The van der Waals surface area contributed by atoms with Crippen molar-refractivity contribution in [2.75, 3.05) is 10.8 Å². The van der Waals surface area contributed by atoms with Gasteiger partial charge in [0.2, 0.25) is 11.8 Å². The number of carbonyl (C=O) groups excluding carboxylic acids is 2. The molecule has 0 spiro atoms. The predicted molar refractivity (Wildman–Crippen MR) is 161 cm³/mol. The number of halogens is 2. The van der Waals surface area contributed by atoms with E-state index < -0.39 is 33.4 Å². The van der Waals surface area contributed by atoms with Crippen molar-refractivity contribution in [1.29, 1.82) is 0 Å². The van der Waals surface area contributed by atoms with Gasteiger partial charge in [-0.25, -0.2) is 8.42 Å². The normalized spacial score (nSPS) is 14.3. The zero-order valence-corrected chi connectivity index (χ0v) is 25.1. The number of non-ortho nitro benzene ring substituents is 1. The van der Waals surface area contributed by atoms with E-state index in [0.29, 0.717) is 10.6 Å². The third kappa shape index (κ3) is 7.39. The predicted octanol–water partition coefficient (Wildman–Crippen LogP) is 5.57. The first-order chi connectivity index (χ1) is 20.0. The Morgan fingerprint density at radius 1 is 1.02 bits per heavy atom. The van der Waals surface area contributed by atoms with Gasteiger partial charge < -0.3 is 10.2 Å². The highest BCUT2D eigenvalue weighted by atomic mass is 35.5. The van der Waals surface area contributed by atoms with Crippen LogP contribution in [0.15, 0.2) is 77.7 Å². The molecule has 2 amide bonds.